The van der Waals surface area contributed by atoms with Gasteiger partial charge in [0.2, 0.25) is 0 Å². The summed E-state index contributed by atoms with van der Waals surface area (Å²) in [6.07, 6.45) is 2.71. The second kappa shape index (κ2) is 4.37. The van der Waals surface area contributed by atoms with Gasteiger partial charge in [0.1, 0.15) is 0 Å². The normalized spacial score (nSPS) is 19.9. The van der Waals surface area contributed by atoms with Crippen LogP contribution < -0.4 is 0 Å². The highest BCUT2D eigenvalue weighted by atomic mass is 32.1. The Morgan fingerprint density at radius 1 is 1.14 bits per heavy atom. The third-order valence-electron chi connectivity index (χ3n) is 3.06. The molecule has 1 saturated heterocycles. The third-order valence-corrected chi connectivity index (χ3v) is 3.36. The van der Waals surface area contributed by atoms with E-state index in [1.807, 2.05) is 0 Å². The largest absolute Gasteiger partial charge is 0.297 e. The lowest BCUT2D eigenvalue weighted by atomic mass is 10.1. The van der Waals surface area contributed by atoms with E-state index in [2.05, 4.69) is 48.7 Å². The number of hydrogen-bond acceptors (Lipinski definition) is 2. The monoisotopic (exact) mass is 207 g/mol. The van der Waals surface area contributed by atoms with E-state index in [9.17, 15) is 0 Å². The van der Waals surface area contributed by atoms with Crippen LogP contribution in [0.4, 0.5) is 0 Å². The molecule has 0 amide bonds. The van der Waals surface area contributed by atoms with Crippen LogP contribution in [0.5, 0.6) is 0 Å². The second-order valence-electron chi connectivity index (χ2n) is 4.01. The molecule has 1 aliphatic heterocycles. The quantitative estimate of drug-likeness (QED) is 0.729. The molecule has 76 valence electrons. The van der Waals surface area contributed by atoms with E-state index in [-0.39, 0.29) is 0 Å². The highest BCUT2D eigenvalue weighted by molar-refractivity contribution is 7.80. The van der Waals surface area contributed by atoms with Gasteiger partial charge in [-0.3, -0.25) is 4.90 Å². The van der Waals surface area contributed by atoms with Crippen molar-refractivity contribution in [2.24, 2.45) is 0 Å². The van der Waals surface area contributed by atoms with E-state index in [4.69, 9.17) is 0 Å². The van der Waals surface area contributed by atoms with E-state index < -0.39 is 0 Å². The molecular formula is C12H17NS. The van der Waals surface area contributed by atoms with Crippen LogP contribution in [-0.4, -0.2) is 18.0 Å². The SMILES string of the molecule is CC(c1ccc(S)cc1)N1CCCC1. The van der Waals surface area contributed by atoms with Gasteiger partial charge in [-0.1, -0.05) is 12.1 Å². The van der Waals surface area contributed by atoms with Crippen LogP contribution in [0.2, 0.25) is 0 Å². The molecule has 1 fully saturated rings. The van der Waals surface area contributed by atoms with Crippen molar-refractivity contribution in [2.45, 2.75) is 30.7 Å². The molecule has 2 heteroatoms. The maximum Gasteiger partial charge on any atom is 0.0319 e. The predicted octanol–water partition coefficient (Wildman–Crippen LogP) is 3.13. The van der Waals surface area contributed by atoms with Crippen molar-refractivity contribution in [2.75, 3.05) is 13.1 Å². The summed E-state index contributed by atoms with van der Waals surface area (Å²) in [5.74, 6) is 0. The Bertz CT molecular complexity index is 288. The molecule has 0 radical (unpaired) electrons. The molecule has 0 saturated carbocycles. The average Bonchev–Trinajstić information content (AvgIpc) is 2.71. The van der Waals surface area contributed by atoms with Crippen molar-refractivity contribution in [1.82, 2.24) is 4.90 Å². The minimum atomic E-state index is 0.562. The van der Waals surface area contributed by atoms with Crippen molar-refractivity contribution < 1.29 is 0 Å². The van der Waals surface area contributed by atoms with Crippen molar-refractivity contribution in [1.29, 1.82) is 0 Å². The summed E-state index contributed by atoms with van der Waals surface area (Å²) in [5, 5.41) is 0. The van der Waals surface area contributed by atoms with Crippen molar-refractivity contribution in [3.63, 3.8) is 0 Å². The molecule has 0 spiro atoms. The summed E-state index contributed by atoms with van der Waals surface area (Å²) in [5.41, 5.74) is 1.41. The first-order chi connectivity index (χ1) is 6.77. The van der Waals surface area contributed by atoms with E-state index >= 15 is 0 Å². The fraction of sp³-hybridized carbons (Fsp3) is 0.500. The maximum absolute atomic E-state index is 4.30. The molecule has 2 rings (SSSR count). The van der Waals surface area contributed by atoms with Crippen LogP contribution in [0.3, 0.4) is 0 Å². The zero-order chi connectivity index (χ0) is 9.97. The Hall–Kier alpha value is -0.470. The van der Waals surface area contributed by atoms with Gasteiger partial charge in [-0.25, -0.2) is 0 Å². The Morgan fingerprint density at radius 2 is 1.71 bits per heavy atom. The zero-order valence-electron chi connectivity index (χ0n) is 8.61. The van der Waals surface area contributed by atoms with Crippen molar-refractivity contribution in [3.8, 4) is 0 Å². The van der Waals surface area contributed by atoms with Crippen LogP contribution in [0, 0.1) is 0 Å². The minimum Gasteiger partial charge on any atom is -0.297 e. The Labute approximate surface area is 91.5 Å². The lowest BCUT2D eigenvalue weighted by molar-refractivity contribution is 0.263. The summed E-state index contributed by atoms with van der Waals surface area (Å²) in [4.78, 5) is 3.59. The number of nitrogens with zero attached hydrogens (tertiary/aromatic N) is 1. The van der Waals surface area contributed by atoms with Gasteiger partial charge < -0.3 is 0 Å². The first-order valence-corrected chi connectivity index (χ1v) is 5.75. The average molecular weight is 207 g/mol. The minimum absolute atomic E-state index is 0.562. The summed E-state index contributed by atoms with van der Waals surface area (Å²) in [7, 11) is 0. The summed E-state index contributed by atoms with van der Waals surface area (Å²) >= 11 is 4.30. The van der Waals surface area contributed by atoms with Crippen molar-refractivity contribution in [3.05, 3.63) is 29.8 Å². The Morgan fingerprint density at radius 3 is 2.29 bits per heavy atom. The molecule has 1 aromatic rings. The van der Waals surface area contributed by atoms with Crippen LogP contribution in [0.25, 0.3) is 0 Å². The number of benzene rings is 1. The first kappa shape index (κ1) is 10.1. The molecule has 1 aliphatic rings. The van der Waals surface area contributed by atoms with Gasteiger partial charge in [0.05, 0.1) is 0 Å². The Balaban J connectivity index is 2.09. The molecule has 1 unspecified atom stereocenters. The van der Waals surface area contributed by atoms with Gasteiger partial charge in [0, 0.05) is 10.9 Å². The number of hydrogen-bond donors (Lipinski definition) is 1. The molecule has 1 aromatic carbocycles. The van der Waals surface area contributed by atoms with Gasteiger partial charge in [-0.05, 0) is 50.6 Å². The number of rotatable bonds is 2. The summed E-state index contributed by atoms with van der Waals surface area (Å²) in [6.45, 7) is 4.80. The molecule has 0 aromatic heterocycles. The molecule has 14 heavy (non-hydrogen) atoms. The third kappa shape index (κ3) is 2.12. The standard InChI is InChI=1S/C12H17NS/c1-10(13-8-2-3-9-13)11-4-6-12(14)7-5-11/h4-7,10,14H,2-3,8-9H2,1H3. The summed E-state index contributed by atoms with van der Waals surface area (Å²) < 4.78 is 0. The van der Waals surface area contributed by atoms with E-state index in [0.717, 1.165) is 4.90 Å². The molecule has 1 heterocycles. The summed E-state index contributed by atoms with van der Waals surface area (Å²) in [6, 6.07) is 9.08. The lowest BCUT2D eigenvalue weighted by Gasteiger charge is -2.24. The van der Waals surface area contributed by atoms with Gasteiger partial charge in [-0.2, -0.15) is 0 Å². The van der Waals surface area contributed by atoms with Gasteiger partial charge in [0.15, 0.2) is 0 Å². The number of likely N-dealkylation sites (tertiary alicyclic amines) is 1. The van der Waals surface area contributed by atoms with E-state index in [1.54, 1.807) is 0 Å². The number of thiol groups is 1. The van der Waals surface area contributed by atoms with Gasteiger partial charge >= 0.3 is 0 Å². The molecule has 0 aliphatic carbocycles. The molecule has 0 N–H and O–H groups in total. The maximum atomic E-state index is 4.30. The van der Waals surface area contributed by atoms with Crippen LogP contribution >= 0.6 is 12.6 Å². The smallest absolute Gasteiger partial charge is 0.0319 e. The van der Waals surface area contributed by atoms with Crippen LogP contribution in [0.1, 0.15) is 31.4 Å². The predicted molar refractivity (Wildman–Crippen MR) is 62.9 cm³/mol. The Kier molecular flexibility index (Phi) is 3.14. The lowest BCUT2D eigenvalue weighted by Crippen LogP contribution is -2.23. The zero-order valence-corrected chi connectivity index (χ0v) is 9.50. The first-order valence-electron chi connectivity index (χ1n) is 5.30. The highest BCUT2D eigenvalue weighted by Crippen LogP contribution is 2.24. The topological polar surface area (TPSA) is 3.24 Å². The van der Waals surface area contributed by atoms with Crippen LogP contribution in [-0.2, 0) is 0 Å². The molecule has 1 nitrogen and oxygen atoms in total. The van der Waals surface area contributed by atoms with E-state index in [1.165, 1.54) is 31.5 Å². The second-order valence-corrected chi connectivity index (χ2v) is 4.53. The van der Waals surface area contributed by atoms with Gasteiger partial charge in [0.25, 0.3) is 0 Å². The molecular weight excluding hydrogens is 190 g/mol. The van der Waals surface area contributed by atoms with Crippen LogP contribution in [0.15, 0.2) is 29.2 Å². The van der Waals surface area contributed by atoms with Gasteiger partial charge in [-0.15, -0.1) is 12.6 Å². The molecule has 0 bridgehead atoms. The highest BCUT2D eigenvalue weighted by Gasteiger charge is 2.18. The van der Waals surface area contributed by atoms with E-state index in [0.29, 0.717) is 6.04 Å². The van der Waals surface area contributed by atoms with Crippen molar-refractivity contribution >= 4 is 12.6 Å². The molecule has 1 atom stereocenters. The fourth-order valence-electron chi connectivity index (χ4n) is 2.09. The fourth-order valence-corrected chi connectivity index (χ4v) is 2.24.